The molecule has 6 nitrogen and oxygen atoms in total. The molecule has 0 spiro atoms. The number of halogens is 2. The summed E-state index contributed by atoms with van der Waals surface area (Å²) < 4.78 is 46.1. The Morgan fingerprint density at radius 2 is 1.95 bits per heavy atom. The summed E-state index contributed by atoms with van der Waals surface area (Å²) in [6, 6.07) is 16.8. The molecule has 4 rings (SSSR count). The van der Waals surface area contributed by atoms with E-state index in [1.54, 1.807) is 12.1 Å². The number of hydrogen-bond donors (Lipinski definition) is 2. The predicted molar refractivity (Wildman–Crippen MR) is 153 cm³/mol. The van der Waals surface area contributed by atoms with E-state index in [2.05, 4.69) is 5.32 Å². The van der Waals surface area contributed by atoms with E-state index in [0.29, 0.717) is 29.0 Å². The highest BCUT2D eigenvalue weighted by molar-refractivity contribution is 5.74. The maximum Gasteiger partial charge on any atom is 0.310 e. The third-order valence-electron chi connectivity index (χ3n) is 6.58. The first-order chi connectivity index (χ1) is 19.1. The fourth-order valence-electron chi connectivity index (χ4n) is 4.70. The van der Waals surface area contributed by atoms with Crippen molar-refractivity contribution in [2.24, 2.45) is 5.73 Å². The number of nitrogens with two attached hydrogens (primary N) is 1. The van der Waals surface area contributed by atoms with E-state index in [4.69, 9.17) is 19.9 Å². The molecule has 3 aromatic rings. The summed E-state index contributed by atoms with van der Waals surface area (Å²) in [5.41, 5.74) is 8.60. The molecule has 0 bridgehead atoms. The molecule has 2 atom stereocenters. The van der Waals surface area contributed by atoms with Gasteiger partial charge < -0.3 is 25.3 Å². The molecule has 0 aliphatic carbocycles. The third-order valence-corrected chi connectivity index (χ3v) is 6.58. The number of nitrogens with one attached hydrogen (secondary N) is 1. The van der Waals surface area contributed by atoms with Crippen LogP contribution in [0.5, 0.6) is 5.75 Å². The number of para-hydroxylation sites is 1. The Morgan fingerprint density at radius 3 is 2.67 bits per heavy atom. The average molecular weight is 553 g/mol. The van der Waals surface area contributed by atoms with E-state index in [1.807, 2.05) is 63.2 Å². The summed E-state index contributed by atoms with van der Waals surface area (Å²) >= 11 is 0. The van der Waals surface area contributed by atoms with Gasteiger partial charge in [0.25, 0.3) is 0 Å². The molecule has 8 heteroatoms. The molecule has 214 valence electrons. The molecule has 0 aromatic heterocycles. The number of benzene rings is 3. The van der Waals surface area contributed by atoms with E-state index >= 15 is 4.39 Å². The van der Waals surface area contributed by atoms with Crippen molar-refractivity contribution in [3.63, 3.8) is 0 Å². The van der Waals surface area contributed by atoms with E-state index in [0.717, 1.165) is 30.7 Å². The van der Waals surface area contributed by atoms with Crippen molar-refractivity contribution in [1.29, 1.82) is 0 Å². The largest absolute Gasteiger partial charge is 0.489 e. The van der Waals surface area contributed by atoms with Crippen molar-refractivity contribution in [2.75, 3.05) is 25.1 Å². The zero-order chi connectivity index (χ0) is 28.7. The summed E-state index contributed by atoms with van der Waals surface area (Å²) in [5.74, 6) is -0.318. The molecule has 0 saturated carbocycles. The normalized spacial score (nSPS) is 16.0. The van der Waals surface area contributed by atoms with Gasteiger partial charge >= 0.3 is 5.97 Å². The quantitative estimate of drug-likeness (QED) is 0.264. The molecule has 40 heavy (non-hydrogen) atoms. The first-order valence-corrected chi connectivity index (χ1v) is 13.7. The van der Waals surface area contributed by atoms with Crippen molar-refractivity contribution in [3.8, 4) is 16.9 Å². The summed E-state index contributed by atoms with van der Waals surface area (Å²) in [6.07, 6.45) is 2.20. The van der Waals surface area contributed by atoms with Gasteiger partial charge in [0.15, 0.2) is 0 Å². The topological polar surface area (TPSA) is 82.8 Å². The monoisotopic (exact) mass is 552 g/mol. The first kappa shape index (κ1) is 29.5. The molecule has 3 N–H and O–H groups in total. The number of ether oxygens (including phenoxy) is 3. The lowest BCUT2D eigenvalue weighted by Gasteiger charge is -2.20. The molecule has 3 aromatic carbocycles. The number of alkyl halides is 1. The Hall–Kier alpha value is -3.49. The van der Waals surface area contributed by atoms with Crippen molar-refractivity contribution < 1.29 is 27.8 Å². The lowest BCUT2D eigenvalue weighted by atomic mass is 9.97. The van der Waals surface area contributed by atoms with E-state index < -0.39 is 24.1 Å². The minimum Gasteiger partial charge on any atom is -0.489 e. The fourth-order valence-corrected chi connectivity index (χ4v) is 4.70. The Labute approximate surface area is 234 Å². The number of carbonyl (C=O) groups excluding carboxylic acids is 1. The Balaban J connectivity index is 1.59. The standard InChI is InChI=1S/C32H38F2N2O4/c1-32(2,3)40-30(37)17-22-8-4-5-12-29(22)39-20-21-14-23(16-24(15-21)36-19-25-9-7-13-38-25)26-10-6-11-27(31(26)34)28(35)18-33/h4-6,8,10-12,14-16,25,28,36H,7,9,13,17-20,35H2,1-3H3/t25-,28?/m0/s1. The smallest absolute Gasteiger partial charge is 0.310 e. The number of carbonyl (C=O) groups is 1. The highest BCUT2D eigenvalue weighted by Gasteiger charge is 2.20. The predicted octanol–water partition coefficient (Wildman–Crippen LogP) is 6.52. The molecule has 0 amide bonds. The van der Waals surface area contributed by atoms with Crippen LogP contribution in [0.4, 0.5) is 14.5 Å². The Morgan fingerprint density at radius 1 is 1.15 bits per heavy atom. The van der Waals surface area contributed by atoms with Crippen molar-refractivity contribution >= 4 is 11.7 Å². The van der Waals surface area contributed by atoms with Crippen molar-refractivity contribution in [3.05, 3.63) is 83.2 Å². The second kappa shape index (κ2) is 13.2. The summed E-state index contributed by atoms with van der Waals surface area (Å²) in [5, 5.41) is 3.41. The van der Waals surface area contributed by atoms with Crippen LogP contribution in [0.3, 0.4) is 0 Å². The molecule has 1 fully saturated rings. The van der Waals surface area contributed by atoms with Crippen LogP contribution in [0.1, 0.15) is 56.3 Å². The van der Waals surface area contributed by atoms with Crippen LogP contribution in [0.25, 0.3) is 11.1 Å². The Kier molecular flexibility index (Phi) is 9.76. The van der Waals surface area contributed by atoms with E-state index in [1.165, 1.54) is 6.07 Å². The minimum atomic E-state index is -1.04. The van der Waals surface area contributed by atoms with Crippen LogP contribution in [0.2, 0.25) is 0 Å². The van der Waals surface area contributed by atoms with Gasteiger partial charge in [-0.15, -0.1) is 0 Å². The van der Waals surface area contributed by atoms with Gasteiger partial charge in [-0.1, -0.05) is 36.4 Å². The summed E-state index contributed by atoms with van der Waals surface area (Å²) in [4.78, 5) is 12.4. The molecule has 1 heterocycles. The van der Waals surface area contributed by atoms with Crippen LogP contribution in [0, 0.1) is 5.82 Å². The van der Waals surface area contributed by atoms with Gasteiger partial charge in [-0.2, -0.15) is 0 Å². The van der Waals surface area contributed by atoms with Gasteiger partial charge in [0.05, 0.1) is 18.6 Å². The number of esters is 1. The van der Waals surface area contributed by atoms with Gasteiger partial charge in [-0.05, 0) is 69.0 Å². The number of hydrogen-bond acceptors (Lipinski definition) is 6. The van der Waals surface area contributed by atoms with Gasteiger partial charge in [-0.3, -0.25) is 4.79 Å². The Bertz CT molecular complexity index is 1300. The molecule has 1 aliphatic rings. The lowest BCUT2D eigenvalue weighted by Crippen LogP contribution is -2.25. The lowest BCUT2D eigenvalue weighted by molar-refractivity contribution is -0.153. The molecular weight excluding hydrogens is 514 g/mol. The van der Waals surface area contributed by atoms with Crippen molar-refractivity contribution in [1.82, 2.24) is 0 Å². The van der Waals surface area contributed by atoms with E-state index in [-0.39, 0.29) is 30.7 Å². The number of rotatable bonds is 11. The SMILES string of the molecule is CC(C)(C)OC(=O)Cc1ccccc1OCc1cc(NC[C@@H]2CCCO2)cc(-c2cccc(C(N)CF)c2F)c1. The third kappa shape index (κ3) is 8.02. The number of anilines is 1. The second-order valence-electron chi connectivity index (χ2n) is 11.1. The minimum absolute atomic E-state index is 0.0779. The fraction of sp³-hybridized carbons (Fsp3) is 0.406. The zero-order valence-corrected chi connectivity index (χ0v) is 23.3. The van der Waals surface area contributed by atoms with Crippen LogP contribution in [0.15, 0.2) is 60.7 Å². The van der Waals surface area contributed by atoms with Gasteiger partial charge in [0.1, 0.15) is 30.4 Å². The maximum absolute atomic E-state index is 15.5. The molecule has 0 radical (unpaired) electrons. The van der Waals surface area contributed by atoms with E-state index in [9.17, 15) is 9.18 Å². The van der Waals surface area contributed by atoms with Gasteiger partial charge in [0.2, 0.25) is 0 Å². The van der Waals surface area contributed by atoms with Crippen LogP contribution >= 0.6 is 0 Å². The first-order valence-electron chi connectivity index (χ1n) is 13.7. The van der Waals surface area contributed by atoms with Crippen LogP contribution in [-0.2, 0) is 27.3 Å². The molecule has 1 unspecified atom stereocenters. The highest BCUT2D eigenvalue weighted by atomic mass is 19.1. The second-order valence-corrected chi connectivity index (χ2v) is 11.1. The summed E-state index contributed by atoms with van der Waals surface area (Å²) in [7, 11) is 0. The van der Waals surface area contributed by atoms with Crippen LogP contribution < -0.4 is 15.8 Å². The van der Waals surface area contributed by atoms with Gasteiger partial charge in [0, 0.05) is 35.5 Å². The average Bonchev–Trinajstić information content (AvgIpc) is 3.44. The van der Waals surface area contributed by atoms with Crippen molar-refractivity contribution in [2.45, 2.75) is 64.4 Å². The zero-order valence-electron chi connectivity index (χ0n) is 23.3. The maximum atomic E-state index is 15.5. The molecular formula is C32H38F2N2O4. The molecule has 1 aliphatic heterocycles. The van der Waals surface area contributed by atoms with Gasteiger partial charge in [-0.25, -0.2) is 8.78 Å². The van der Waals surface area contributed by atoms with Crippen LogP contribution in [-0.4, -0.2) is 37.5 Å². The highest BCUT2D eigenvalue weighted by Crippen LogP contribution is 2.32. The molecule has 1 saturated heterocycles. The summed E-state index contributed by atoms with van der Waals surface area (Å²) in [6.45, 7) is 6.18.